The minimum absolute atomic E-state index is 0.0834. The van der Waals surface area contributed by atoms with Crippen LogP contribution < -0.4 is 15.8 Å². The normalized spacial score (nSPS) is 10.1. The van der Waals surface area contributed by atoms with Crippen LogP contribution in [0.4, 0.5) is 5.69 Å². The van der Waals surface area contributed by atoms with Gasteiger partial charge in [0, 0.05) is 13.0 Å². The van der Waals surface area contributed by atoms with Gasteiger partial charge in [-0.05, 0) is 25.0 Å². The molecule has 1 aromatic rings. The molecule has 0 aliphatic carbocycles. The molecule has 0 fully saturated rings. The largest absolute Gasteiger partial charge is 0.491 e. The lowest BCUT2D eigenvalue weighted by molar-refractivity contribution is -0.118. The molecular formula is C14H20N2O4. The number of nitrogens with one attached hydrogen (secondary N) is 1. The fraction of sp³-hybridized carbons (Fsp3) is 0.429. The minimum atomic E-state index is -0.435. The molecule has 0 bridgehead atoms. The van der Waals surface area contributed by atoms with Crippen molar-refractivity contribution in [1.29, 1.82) is 0 Å². The molecule has 0 radical (unpaired) electrons. The lowest BCUT2D eigenvalue weighted by Crippen LogP contribution is -2.16. The van der Waals surface area contributed by atoms with Crippen molar-refractivity contribution < 1.29 is 19.4 Å². The predicted molar refractivity (Wildman–Crippen MR) is 75.3 cm³/mol. The molecule has 20 heavy (non-hydrogen) atoms. The number of nitrogens with two attached hydrogens (primary N) is 1. The molecule has 0 saturated carbocycles. The summed E-state index contributed by atoms with van der Waals surface area (Å²) >= 11 is 0. The van der Waals surface area contributed by atoms with Crippen molar-refractivity contribution in [2.45, 2.75) is 25.7 Å². The molecule has 0 aliphatic heterocycles. The SMILES string of the molecule is NC(=O)CCOc1ccccc1NC(=O)CCCCO. The average Bonchev–Trinajstić information content (AvgIpc) is 2.40. The van der Waals surface area contributed by atoms with Crippen molar-refractivity contribution in [3.05, 3.63) is 24.3 Å². The van der Waals surface area contributed by atoms with Gasteiger partial charge in [-0.1, -0.05) is 12.1 Å². The number of carbonyl (C=O) groups is 2. The van der Waals surface area contributed by atoms with Gasteiger partial charge in [-0.2, -0.15) is 0 Å². The molecule has 0 heterocycles. The van der Waals surface area contributed by atoms with Gasteiger partial charge in [-0.15, -0.1) is 0 Å². The van der Waals surface area contributed by atoms with Crippen molar-refractivity contribution >= 4 is 17.5 Å². The number of ether oxygens (including phenoxy) is 1. The van der Waals surface area contributed by atoms with Crippen molar-refractivity contribution in [2.24, 2.45) is 5.73 Å². The van der Waals surface area contributed by atoms with E-state index >= 15 is 0 Å². The molecule has 0 atom stereocenters. The Morgan fingerprint density at radius 3 is 2.65 bits per heavy atom. The Bertz CT molecular complexity index is 449. The molecule has 0 spiro atoms. The van der Waals surface area contributed by atoms with Crippen molar-refractivity contribution in [1.82, 2.24) is 0 Å². The van der Waals surface area contributed by atoms with Crippen LogP contribution in [0.15, 0.2) is 24.3 Å². The number of carbonyl (C=O) groups excluding carboxylic acids is 2. The van der Waals surface area contributed by atoms with E-state index in [0.717, 1.165) is 0 Å². The minimum Gasteiger partial charge on any atom is -0.491 e. The van der Waals surface area contributed by atoms with Gasteiger partial charge in [-0.25, -0.2) is 0 Å². The Hall–Kier alpha value is -2.08. The van der Waals surface area contributed by atoms with Gasteiger partial charge in [0.05, 0.1) is 18.7 Å². The lowest BCUT2D eigenvalue weighted by atomic mass is 10.2. The van der Waals surface area contributed by atoms with Crippen molar-refractivity contribution in [3.63, 3.8) is 0 Å². The molecule has 1 rings (SSSR count). The summed E-state index contributed by atoms with van der Waals surface area (Å²) in [4.78, 5) is 22.4. The summed E-state index contributed by atoms with van der Waals surface area (Å²) in [5.74, 6) is -0.0656. The zero-order valence-corrected chi connectivity index (χ0v) is 11.3. The number of aliphatic hydroxyl groups is 1. The summed E-state index contributed by atoms with van der Waals surface area (Å²) in [5, 5.41) is 11.4. The molecule has 6 heteroatoms. The molecule has 0 aromatic heterocycles. The fourth-order valence-corrected chi connectivity index (χ4v) is 1.57. The van der Waals surface area contributed by atoms with Crippen LogP contribution in [-0.4, -0.2) is 30.1 Å². The van der Waals surface area contributed by atoms with Crippen LogP contribution in [0.1, 0.15) is 25.7 Å². The number of aliphatic hydroxyl groups excluding tert-OH is 1. The Labute approximate surface area is 117 Å². The molecule has 110 valence electrons. The average molecular weight is 280 g/mol. The Morgan fingerprint density at radius 2 is 1.95 bits per heavy atom. The highest BCUT2D eigenvalue weighted by molar-refractivity contribution is 5.92. The first-order valence-electron chi connectivity index (χ1n) is 6.54. The van der Waals surface area contributed by atoms with E-state index in [1.54, 1.807) is 24.3 Å². The summed E-state index contributed by atoms with van der Waals surface area (Å²) in [7, 11) is 0. The molecule has 2 amide bonds. The maximum atomic E-state index is 11.7. The van der Waals surface area contributed by atoms with E-state index in [2.05, 4.69) is 5.32 Å². The topological polar surface area (TPSA) is 102 Å². The second kappa shape index (κ2) is 8.92. The Morgan fingerprint density at radius 1 is 1.20 bits per heavy atom. The van der Waals surface area contributed by atoms with E-state index in [4.69, 9.17) is 15.6 Å². The summed E-state index contributed by atoms with van der Waals surface area (Å²) in [5.41, 5.74) is 5.60. The van der Waals surface area contributed by atoms with Crippen molar-refractivity contribution in [2.75, 3.05) is 18.5 Å². The molecule has 0 saturated heterocycles. The van der Waals surface area contributed by atoms with Gasteiger partial charge in [0.2, 0.25) is 11.8 Å². The summed E-state index contributed by atoms with van der Waals surface area (Å²) in [6.07, 6.45) is 1.70. The van der Waals surface area contributed by atoms with Gasteiger partial charge < -0.3 is 20.9 Å². The van der Waals surface area contributed by atoms with Crippen LogP contribution in [0.25, 0.3) is 0 Å². The quantitative estimate of drug-likeness (QED) is 0.588. The third kappa shape index (κ3) is 6.19. The van der Waals surface area contributed by atoms with Gasteiger partial charge >= 0.3 is 0 Å². The van der Waals surface area contributed by atoms with Crippen LogP contribution in [0.5, 0.6) is 5.75 Å². The summed E-state index contributed by atoms with van der Waals surface area (Å²) in [6, 6.07) is 7.00. The number of rotatable bonds is 9. The second-order valence-corrected chi connectivity index (χ2v) is 4.29. The lowest BCUT2D eigenvalue weighted by Gasteiger charge is -2.11. The first-order valence-corrected chi connectivity index (χ1v) is 6.54. The van der Waals surface area contributed by atoms with Gasteiger partial charge in [-0.3, -0.25) is 9.59 Å². The maximum absolute atomic E-state index is 11.7. The van der Waals surface area contributed by atoms with Crippen LogP contribution in [0.2, 0.25) is 0 Å². The second-order valence-electron chi connectivity index (χ2n) is 4.29. The zero-order chi connectivity index (χ0) is 14.8. The predicted octanol–water partition coefficient (Wildman–Crippen LogP) is 1.04. The zero-order valence-electron chi connectivity index (χ0n) is 11.3. The fourth-order valence-electron chi connectivity index (χ4n) is 1.57. The smallest absolute Gasteiger partial charge is 0.224 e. The number of unbranched alkanes of at least 4 members (excludes halogenated alkanes) is 1. The molecule has 4 N–H and O–H groups in total. The van der Waals surface area contributed by atoms with Crippen LogP contribution in [0, 0.1) is 0 Å². The molecular weight excluding hydrogens is 260 g/mol. The first-order chi connectivity index (χ1) is 9.63. The number of benzene rings is 1. The number of hydrogen-bond donors (Lipinski definition) is 3. The molecule has 0 unspecified atom stereocenters. The van der Waals surface area contributed by atoms with Gasteiger partial charge in [0.15, 0.2) is 0 Å². The van der Waals surface area contributed by atoms with E-state index in [9.17, 15) is 9.59 Å². The maximum Gasteiger partial charge on any atom is 0.224 e. The monoisotopic (exact) mass is 280 g/mol. The molecule has 6 nitrogen and oxygen atoms in total. The third-order valence-corrected chi connectivity index (χ3v) is 2.58. The Kier molecular flexibility index (Phi) is 7.13. The van der Waals surface area contributed by atoms with E-state index < -0.39 is 5.91 Å². The van der Waals surface area contributed by atoms with Gasteiger partial charge in [0.1, 0.15) is 5.75 Å². The van der Waals surface area contributed by atoms with Crippen LogP contribution in [-0.2, 0) is 9.59 Å². The summed E-state index contributed by atoms with van der Waals surface area (Å²) < 4.78 is 5.42. The summed E-state index contributed by atoms with van der Waals surface area (Å²) in [6.45, 7) is 0.257. The van der Waals surface area contributed by atoms with E-state index in [1.807, 2.05) is 0 Å². The highest BCUT2D eigenvalue weighted by atomic mass is 16.5. The number of anilines is 1. The van der Waals surface area contributed by atoms with E-state index in [1.165, 1.54) is 0 Å². The number of hydrogen-bond acceptors (Lipinski definition) is 4. The van der Waals surface area contributed by atoms with Crippen LogP contribution >= 0.6 is 0 Å². The molecule has 1 aromatic carbocycles. The highest BCUT2D eigenvalue weighted by Crippen LogP contribution is 2.24. The van der Waals surface area contributed by atoms with Crippen molar-refractivity contribution in [3.8, 4) is 5.75 Å². The number of para-hydroxylation sites is 2. The van der Waals surface area contributed by atoms with Crippen LogP contribution in [0.3, 0.4) is 0 Å². The standard InChI is InChI=1S/C14H20N2O4/c15-13(18)8-10-20-12-6-2-1-5-11(12)16-14(19)7-3-4-9-17/h1-2,5-6,17H,3-4,7-10H2,(H2,15,18)(H,16,19). The highest BCUT2D eigenvalue weighted by Gasteiger charge is 2.07. The third-order valence-electron chi connectivity index (χ3n) is 2.58. The molecule has 0 aliphatic rings. The first kappa shape index (κ1) is 16.0. The number of amides is 2. The Balaban J connectivity index is 2.51. The number of primary amides is 1. The van der Waals surface area contributed by atoms with E-state index in [-0.39, 0.29) is 25.5 Å². The van der Waals surface area contributed by atoms with Gasteiger partial charge in [0.25, 0.3) is 0 Å². The van der Waals surface area contributed by atoms with E-state index in [0.29, 0.717) is 30.7 Å².